The first-order chi connectivity index (χ1) is 11.7. The topological polar surface area (TPSA) is 58.4 Å². The number of rotatable bonds is 5. The molecule has 24 heavy (non-hydrogen) atoms. The van der Waals surface area contributed by atoms with Gasteiger partial charge in [-0.3, -0.25) is 0 Å². The number of hydrogen-bond acceptors (Lipinski definition) is 5. The Kier molecular flexibility index (Phi) is 4.12. The molecule has 1 saturated heterocycles. The van der Waals surface area contributed by atoms with Crippen LogP contribution in [0, 0.1) is 0 Å². The molecule has 0 spiro atoms. The van der Waals surface area contributed by atoms with Gasteiger partial charge in [0.15, 0.2) is 5.65 Å². The molecule has 0 aliphatic carbocycles. The largest absolute Gasteiger partial charge is 0.497 e. The van der Waals surface area contributed by atoms with Crippen LogP contribution in [0.4, 0.5) is 0 Å². The fourth-order valence-corrected chi connectivity index (χ4v) is 2.88. The van der Waals surface area contributed by atoms with Gasteiger partial charge in [0.25, 0.3) is 0 Å². The molecule has 2 aromatic heterocycles. The summed E-state index contributed by atoms with van der Waals surface area (Å²) in [7, 11) is 1.66. The molecule has 3 aromatic rings. The second-order valence-corrected chi connectivity index (χ2v) is 6.53. The molecule has 6 nitrogen and oxygen atoms in total. The molecule has 0 amide bonds. The molecule has 0 atom stereocenters. The molecule has 4 rings (SSSR count). The highest BCUT2D eigenvalue weighted by Crippen LogP contribution is 2.28. The van der Waals surface area contributed by atoms with Gasteiger partial charge in [-0.15, -0.1) is 5.10 Å². The summed E-state index contributed by atoms with van der Waals surface area (Å²) in [6.07, 6.45) is 1.83. The normalized spacial score (nSPS) is 14.6. The van der Waals surface area contributed by atoms with Crippen molar-refractivity contribution in [3.63, 3.8) is 0 Å². The highest BCUT2D eigenvalue weighted by Gasteiger charge is 2.23. The first-order valence-corrected chi connectivity index (χ1v) is 8.41. The summed E-state index contributed by atoms with van der Waals surface area (Å²) in [5, 5.41) is 5.51. The molecule has 0 radical (unpaired) electrons. The van der Waals surface area contributed by atoms with Crippen LogP contribution in [-0.4, -0.2) is 41.2 Å². The third-order valence-corrected chi connectivity index (χ3v) is 4.33. The first-order valence-electron chi connectivity index (χ1n) is 7.62. The number of ether oxygens (including phenoxy) is 3. The molecule has 0 saturated carbocycles. The molecule has 1 aliphatic heterocycles. The van der Waals surface area contributed by atoms with Gasteiger partial charge >= 0.3 is 0 Å². The predicted molar refractivity (Wildman–Crippen MR) is 92.6 cm³/mol. The zero-order valence-corrected chi connectivity index (χ0v) is 14.7. The quantitative estimate of drug-likeness (QED) is 0.671. The lowest BCUT2D eigenvalue weighted by Gasteiger charge is -2.25. The maximum Gasteiger partial charge on any atom is 0.242 e. The zero-order chi connectivity index (χ0) is 16.5. The smallest absolute Gasteiger partial charge is 0.242 e. The van der Waals surface area contributed by atoms with E-state index in [1.54, 1.807) is 13.3 Å². The third-order valence-electron chi connectivity index (χ3n) is 3.90. The van der Waals surface area contributed by atoms with Crippen LogP contribution in [0.25, 0.3) is 11.0 Å². The van der Waals surface area contributed by atoms with Gasteiger partial charge in [0.2, 0.25) is 5.88 Å². The van der Waals surface area contributed by atoms with Crippen LogP contribution < -0.4 is 9.47 Å². The van der Waals surface area contributed by atoms with Crippen LogP contribution in [0.5, 0.6) is 11.6 Å². The molecule has 7 heteroatoms. The van der Waals surface area contributed by atoms with E-state index in [1.807, 2.05) is 35.0 Å². The molecular formula is C17H16BrN3O3. The Balaban J connectivity index is 1.68. The van der Waals surface area contributed by atoms with E-state index in [-0.39, 0.29) is 6.10 Å². The number of hydrogen-bond donors (Lipinski definition) is 0. The highest BCUT2D eigenvalue weighted by atomic mass is 79.9. The van der Waals surface area contributed by atoms with E-state index in [1.165, 1.54) is 0 Å². The van der Waals surface area contributed by atoms with Crippen molar-refractivity contribution in [2.24, 2.45) is 0 Å². The van der Waals surface area contributed by atoms with Crippen molar-refractivity contribution >= 4 is 27.0 Å². The number of halogens is 1. The van der Waals surface area contributed by atoms with E-state index in [0.717, 1.165) is 26.8 Å². The molecule has 124 valence electrons. The Morgan fingerprint density at radius 2 is 2.08 bits per heavy atom. The standard InChI is InChI=1S/C17H16BrN3O3/c1-22-13-4-2-11(3-5-13)8-21-16-15(6-12(18)7-19-16)17(20-21)24-14-9-23-10-14/h2-7,14H,8-10H2,1H3. The maximum atomic E-state index is 5.94. The number of benzene rings is 1. The van der Waals surface area contributed by atoms with Gasteiger partial charge in [-0.05, 0) is 39.7 Å². The number of nitrogens with zero attached hydrogens (tertiary/aromatic N) is 3. The van der Waals surface area contributed by atoms with Gasteiger partial charge < -0.3 is 14.2 Å². The molecule has 0 bridgehead atoms. The van der Waals surface area contributed by atoms with E-state index in [9.17, 15) is 0 Å². The lowest BCUT2D eigenvalue weighted by molar-refractivity contribution is -0.0809. The summed E-state index contributed by atoms with van der Waals surface area (Å²) >= 11 is 3.46. The molecule has 0 unspecified atom stereocenters. The number of aromatic nitrogens is 3. The molecule has 3 heterocycles. The van der Waals surface area contributed by atoms with Crippen LogP contribution in [0.15, 0.2) is 41.0 Å². The molecule has 1 aromatic carbocycles. The van der Waals surface area contributed by atoms with Crippen molar-refractivity contribution < 1.29 is 14.2 Å². The Labute approximate surface area is 147 Å². The van der Waals surface area contributed by atoms with E-state index >= 15 is 0 Å². The fourth-order valence-electron chi connectivity index (χ4n) is 2.55. The molecule has 1 fully saturated rings. The molecule has 1 aliphatic rings. The van der Waals surface area contributed by atoms with Crippen molar-refractivity contribution in [3.05, 3.63) is 46.6 Å². The second-order valence-electron chi connectivity index (χ2n) is 5.61. The van der Waals surface area contributed by atoms with E-state index in [0.29, 0.717) is 25.6 Å². The number of pyridine rings is 1. The third kappa shape index (κ3) is 2.97. The monoisotopic (exact) mass is 389 g/mol. The minimum Gasteiger partial charge on any atom is -0.497 e. The maximum absolute atomic E-state index is 5.94. The van der Waals surface area contributed by atoms with Crippen molar-refractivity contribution in [2.45, 2.75) is 12.6 Å². The SMILES string of the molecule is COc1ccc(Cn2nc(OC3COC3)c3cc(Br)cnc32)cc1. The van der Waals surface area contributed by atoms with Gasteiger partial charge in [-0.25, -0.2) is 9.67 Å². The van der Waals surface area contributed by atoms with Crippen LogP contribution >= 0.6 is 15.9 Å². The van der Waals surface area contributed by atoms with Gasteiger partial charge in [0.1, 0.15) is 11.9 Å². The minimum atomic E-state index is 0.0662. The molecule has 0 N–H and O–H groups in total. The van der Waals surface area contributed by atoms with Crippen LogP contribution in [0.3, 0.4) is 0 Å². The van der Waals surface area contributed by atoms with Gasteiger partial charge in [0, 0.05) is 10.7 Å². The average Bonchev–Trinajstić information content (AvgIpc) is 2.88. The van der Waals surface area contributed by atoms with Crippen LogP contribution in [-0.2, 0) is 11.3 Å². The summed E-state index contributed by atoms with van der Waals surface area (Å²) in [5.41, 5.74) is 1.91. The van der Waals surface area contributed by atoms with Gasteiger partial charge in [0.05, 0.1) is 32.3 Å². The van der Waals surface area contributed by atoms with E-state index in [2.05, 4.69) is 26.0 Å². The van der Waals surface area contributed by atoms with Crippen molar-refractivity contribution in [3.8, 4) is 11.6 Å². The van der Waals surface area contributed by atoms with Crippen molar-refractivity contribution in [1.82, 2.24) is 14.8 Å². The average molecular weight is 390 g/mol. The summed E-state index contributed by atoms with van der Waals surface area (Å²) in [4.78, 5) is 4.50. The fraction of sp³-hybridized carbons (Fsp3) is 0.294. The van der Waals surface area contributed by atoms with Crippen LogP contribution in [0.2, 0.25) is 0 Å². The van der Waals surface area contributed by atoms with E-state index in [4.69, 9.17) is 14.2 Å². The summed E-state index contributed by atoms with van der Waals surface area (Å²) in [5.74, 6) is 1.43. The van der Waals surface area contributed by atoms with Crippen molar-refractivity contribution in [1.29, 1.82) is 0 Å². The second kappa shape index (κ2) is 6.41. The summed E-state index contributed by atoms with van der Waals surface area (Å²) in [6.45, 7) is 1.82. The first kappa shape index (κ1) is 15.4. The highest BCUT2D eigenvalue weighted by molar-refractivity contribution is 9.10. The van der Waals surface area contributed by atoms with Crippen LogP contribution in [0.1, 0.15) is 5.56 Å². The Hall–Kier alpha value is -2.12. The Morgan fingerprint density at radius 1 is 1.29 bits per heavy atom. The van der Waals surface area contributed by atoms with Gasteiger partial charge in [-0.1, -0.05) is 12.1 Å². The van der Waals surface area contributed by atoms with E-state index < -0.39 is 0 Å². The predicted octanol–water partition coefficient (Wildman–Crippen LogP) is 3.03. The minimum absolute atomic E-state index is 0.0662. The summed E-state index contributed by atoms with van der Waals surface area (Å²) < 4.78 is 19.1. The lowest BCUT2D eigenvalue weighted by Crippen LogP contribution is -2.38. The lowest BCUT2D eigenvalue weighted by atomic mass is 10.2. The number of methoxy groups -OCH3 is 1. The van der Waals surface area contributed by atoms with Crippen molar-refractivity contribution in [2.75, 3.05) is 20.3 Å². The van der Waals surface area contributed by atoms with Gasteiger partial charge in [-0.2, -0.15) is 0 Å². The Morgan fingerprint density at radius 3 is 2.75 bits per heavy atom. The zero-order valence-electron chi connectivity index (χ0n) is 13.1. The molecular weight excluding hydrogens is 374 g/mol. The summed E-state index contributed by atoms with van der Waals surface area (Å²) in [6, 6.07) is 9.90. The Bertz CT molecular complexity index is 859. The number of fused-ring (bicyclic) bond motifs is 1.